The summed E-state index contributed by atoms with van der Waals surface area (Å²) in [5.41, 5.74) is 5.04. The Balaban J connectivity index is 4.81. The minimum absolute atomic E-state index is 0.0857. The maximum absolute atomic E-state index is 11.5. The number of nitrogens with zero attached hydrogens (tertiary/aromatic N) is 1. The topological polar surface area (TPSA) is 55.4 Å². The van der Waals surface area contributed by atoms with Gasteiger partial charge in [-0.2, -0.15) is 0 Å². The van der Waals surface area contributed by atoms with E-state index in [0.29, 0.717) is 18.2 Å². The van der Waals surface area contributed by atoms with E-state index in [1.807, 2.05) is 13.8 Å². The van der Waals surface area contributed by atoms with Crippen LogP contribution in [0.5, 0.6) is 0 Å². The van der Waals surface area contributed by atoms with Crippen LogP contribution in [-0.4, -0.2) is 17.2 Å². The van der Waals surface area contributed by atoms with E-state index >= 15 is 0 Å². The van der Waals surface area contributed by atoms with E-state index in [1.165, 1.54) is 0 Å². The number of Topliss-reactive ketones (excluding diaryl/α,β-unsaturated/α-hetero) is 1. The molecule has 0 aliphatic rings. The summed E-state index contributed by atoms with van der Waals surface area (Å²) in [5, 5.41) is 0. The van der Waals surface area contributed by atoms with E-state index in [1.54, 1.807) is 6.92 Å². The predicted molar refractivity (Wildman–Crippen MR) is 60.5 cm³/mol. The fourth-order valence-corrected chi connectivity index (χ4v) is 1.46. The van der Waals surface area contributed by atoms with Crippen molar-refractivity contribution in [1.82, 2.24) is 0 Å². The van der Waals surface area contributed by atoms with Gasteiger partial charge < -0.3 is 5.73 Å². The zero-order chi connectivity index (χ0) is 11.4. The van der Waals surface area contributed by atoms with Crippen molar-refractivity contribution in [3.05, 3.63) is 0 Å². The Kier molecular flexibility index (Phi) is 4.81. The maximum Gasteiger partial charge on any atom is 0.157 e. The Bertz CT molecular complexity index is 233. The molecule has 0 radical (unpaired) electrons. The van der Waals surface area contributed by atoms with E-state index in [9.17, 15) is 4.79 Å². The minimum atomic E-state index is -0.631. The molecule has 0 aromatic rings. The number of hydrogen-bond donors (Lipinski definition) is 1. The third-order valence-electron chi connectivity index (χ3n) is 2.32. The normalized spacial score (nSPS) is 16.9. The highest BCUT2D eigenvalue weighted by atomic mass is 16.1. The predicted octanol–water partition coefficient (Wildman–Crippen LogP) is 2.15. The first-order chi connectivity index (χ1) is 6.31. The van der Waals surface area contributed by atoms with Gasteiger partial charge in [0, 0.05) is 6.42 Å². The van der Waals surface area contributed by atoms with Crippen molar-refractivity contribution in [2.24, 2.45) is 16.6 Å². The molecule has 0 fully saturated rings. The van der Waals surface area contributed by atoms with Gasteiger partial charge in [0.1, 0.15) is 5.54 Å². The number of nitrogens with two attached hydrogens (primary N) is 1. The molecule has 1 atom stereocenters. The van der Waals surface area contributed by atoms with Gasteiger partial charge in [0.25, 0.3) is 0 Å². The van der Waals surface area contributed by atoms with Crippen molar-refractivity contribution >= 4 is 11.6 Å². The van der Waals surface area contributed by atoms with E-state index in [-0.39, 0.29) is 5.78 Å². The number of rotatable bonds is 5. The SMILES string of the molecule is CCC(N)=NC(C)(CC(C)C)C(C)=O. The molecule has 0 amide bonds. The minimum Gasteiger partial charge on any atom is -0.387 e. The Morgan fingerprint density at radius 2 is 2.00 bits per heavy atom. The van der Waals surface area contributed by atoms with Gasteiger partial charge in [-0.15, -0.1) is 0 Å². The van der Waals surface area contributed by atoms with E-state index in [2.05, 4.69) is 18.8 Å². The molecule has 0 aromatic heterocycles. The van der Waals surface area contributed by atoms with Gasteiger partial charge >= 0.3 is 0 Å². The molecule has 0 aromatic carbocycles. The monoisotopic (exact) mass is 198 g/mol. The zero-order valence-corrected chi connectivity index (χ0v) is 9.92. The van der Waals surface area contributed by atoms with Gasteiger partial charge in [-0.05, 0) is 26.2 Å². The van der Waals surface area contributed by atoms with Crippen molar-refractivity contribution in [1.29, 1.82) is 0 Å². The fraction of sp³-hybridized carbons (Fsp3) is 0.818. The lowest BCUT2D eigenvalue weighted by Crippen LogP contribution is -2.35. The zero-order valence-electron chi connectivity index (χ0n) is 9.92. The number of aliphatic imine (C=N–C) groups is 1. The summed E-state index contributed by atoms with van der Waals surface area (Å²) in [4.78, 5) is 15.8. The summed E-state index contributed by atoms with van der Waals surface area (Å²) in [5.74, 6) is 1.09. The number of amidine groups is 1. The van der Waals surface area contributed by atoms with Crippen LogP contribution < -0.4 is 5.73 Å². The van der Waals surface area contributed by atoms with Crippen molar-refractivity contribution in [3.63, 3.8) is 0 Å². The quantitative estimate of drug-likeness (QED) is 0.543. The largest absolute Gasteiger partial charge is 0.387 e. The molecule has 0 aliphatic carbocycles. The van der Waals surface area contributed by atoms with Crippen LogP contribution in [0.2, 0.25) is 0 Å². The molecule has 1 unspecified atom stereocenters. The highest BCUT2D eigenvalue weighted by Crippen LogP contribution is 2.22. The first-order valence-corrected chi connectivity index (χ1v) is 5.17. The van der Waals surface area contributed by atoms with Gasteiger partial charge in [0.15, 0.2) is 5.78 Å². The second-order valence-corrected chi connectivity index (χ2v) is 4.38. The van der Waals surface area contributed by atoms with Gasteiger partial charge in [0.2, 0.25) is 0 Å². The Morgan fingerprint density at radius 3 is 2.29 bits per heavy atom. The molecule has 0 rings (SSSR count). The number of hydrogen-bond acceptors (Lipinski definition) is 2. The lowest BCUT2D eigenvalue weighted by Gasteiger charge is -2.24. The average Bonchev–Trinajstić information content (AvgIpc) is 2.02. The highest BCUT2D eigenvalue weighted by Gasteiger charge is 2.30. The van der Waals surface area contributed by atoms with Crippen molar-refractivity contribution in [2.75, 3.05) is 0 Å². The van der Waals surface area contributed by atoms with E-state index < -0.39 is 5.54 Å². The maximum atomic E-state index is 11.5. The van der Waals surface area contributed by atoms with E-state index in [4.69, 9.17) is 5.73 Å². The third kappa shape index (κ3) is 3.90. The number of carbonyl (C=O) groups is 1. The average molecular weight is 198 g/mol. The van der Waals surface area contributed by atoms with Crippen LogP contribution in [0.1, 0.15) is 47.5 Å². The van der Waals surface area contributed by atoms with Gasteiger partial charge in [-0.3, -0.25) is 9.79 Å². The molecule has 0 spiro atoms. The molecule has 0 aliphatic heterocycles. The van der Waals surface area contributed by atoms with Crippen LogP contribution in [0.25, 0.3) is 0 Å². The second kappa shape index (κ2) is 5.13. The van der Waals surface area contributed by atoms with Crippen LogP contribution in [0.4, 0.5) is 0 Å². The molecule has 2 N–H and O–H groups in total. The molecule has 0 heterocycles. The summed E-state index contributed by atoms with van der Waals surface area (Å²) in [6, 6.07) is 0. The summed E-state index contributed by atoms with van der Waals surface area (Å²) in [6.07, 6.45) is 1.45. The molecule has 0 bridgehead atoms. The molecular weight excluding hydrogens is 176 g/mol. The molecule has 0 saturated heterocycles. The molecule has 3 nitrogen and oxygen atoms in total. The Hall–Kier alpha value is -0.860. The molecule has 3 heteroatoms. The first-order valence-electron chi connectivity index (χ1n) is 5.17. The highest BCUT2D eigenvalue weighted by molar-refractivity contribution is 5.90. The summed E-state index contributed by atoms with van der Waals surface area (Å²) in [6.45, 7) is 9.54. The second-order valence-electron chi connectivity index (χ2n) is 4.38. The van der Waals surface area contributed by atoms with Crippen LogP contribution in [0.3, 0.4) is 0 Å². The van der Waals surface area contributed by atoms with Gasteiger partial charge in [-0.1, -0.05) is 20.8 Å². The summed E-state index contributed by atoms with van der Waals surface area (Å²) < 4.78 is 0. The van der Waals surface area contributed by atoms with Gasteiger partial charge in [0.05, 0.1) is 5.84 Å². The molecule has 14 heavy (non-hydrogen) atoms. The van der Waals surface area contributed by atoms with Crippen molar-refractivity contribution in [3.8, 4) is 0 Å². The van der Waals surface area contributed by atoms with Gasteiger partial charge in [-0.25, -0.2) is 0 Å². The Morgan fingerprint density at radius 1 is 1.50 bits per heavy atom. The summed E-state index contributed by atoms with van der Waals surface area (Å²) in [7, 11) is 0. The lowest BCUT2D eigenvalue weighted by molar-refractivity contribution is -0.121. The molecular formula is C11H22N2O. The van der Waals surface area contributed by atoms with Crippen LogP contribution >= 0.6 is 0 Å². The molecule has 82 valence electrons. The van der Waals surface area contributed by atoms with E-state index in [0.717, 1.165) is 6.42 Å². The molecule has 0 saturated carbocycles. The first kappa shape index (κ1) is 13.1. The number of carbonyl (C=O) groups excluding carboxylic acids is 1. The van der Waals surface area contributed by atoms with Crippen LogP contribution in [-0.2, 0) is 4.79 Å². The lowest BCUT2D eigenvalue weighted by atomic mass is 9.88. The van der Waals surface area contributed by atoms with Crippen molar-refractivity contribution in [2.45, 2.75) is 53.0 Å². The third-order valence-corrected chi connectivity index (χ3v) is 2.32. The van der Waals surface area contributed by atoms with Crippen molar-refractivity contribution < 1.29 is 4.79 Å². The smallest absolute Gasteiger partial charge is 0.157 e. The fourth-order valence-electron chi connectivity index (χ4n) is 1.46. The van der Waals surface area contributed by atoms with Crippen LogP contribution in [0.15, 0.2) is 4.99 Å². The van der Waals surface area contributed by atoms with Crippen LogP contribution in [0, 0.1) is 5.92 Å². The number of ketones is 1. The summed E-state index contributed by atoms with van der Waals surface area (Å²) >= 11 is 0. The Labute approximate surface area is 86.8 Å². The standard InChI is InChI=1S/C11H22N2O/c1-6-10(12)13-11(5,9(4)14)7-8(2)3/h8H,6-7H2,1-5H3,(H2,12,13).